The molecule has 2 aromatic carbocycles. The Balaban J connectivity index is 1.82. The largest absolute Gasteiger partial charge is 0.508 e. The standard InChI is InChI=1S/C34H56N2O2/c1-7-9-11-13-19-33(3,4)29-15-17-31(37)27(23-29)25-35-21-22-36-26-28-24-30(16-18-32(28)38)34(5,6)20-14-12-10-8-2/h15-18,23-24,35-38H,7-14,19-22,25-26H2,1-6H3. The number of hydrogen-bond donors (Lipinski definition) is 4. The summed E-state index contributed by atoms with van der Waals surface area (Å²) in [7, 11) is 0. The number of hydrogen-bond acceptors (Lipinski definition) is 4. The molecule has 2 aromatic rings. The summed E-state index contributed by atoms with van der Waals surface area (Å²) in [6.07, 6.45) is 12.5. The second kappa shape index (κ2) is 16.2. The molecule has 0 saturated heterocycles. The highest BCUT2D eigenvalue weighted by Crippen LogP contribution is 2.33. The van der Waals surface area contributed by atoms with Crippen LogP contribution >= 0.6 is 0 Å². The van der Waals surface area contributed by atoms with E-state index in [-0.39, 0.29) is 10.8 Å². The average Bonchev–Trinajstić information content (AvgIpc) is 2.88. The molecular weight excluding hydrogens is 468 g/mol. The van der Waals surface area contributed by atoms with Crippen molar-refractivity contribution in [3.05, 3.63) is 58.7 Å². The van der Waals surface area contributed by atoms with Crippen LogP contribution in [0.25, 0.3) is 0 Å². The van der Waals surface area contributed by atoms with Crippen LogP contribution < -0.4 is 10.6 Å². The maximum Gasteiger partial charge on any atom is 0.120 e. The van der Waals surface area contributed by atoms with Gasteiger partial charge in [-0.15, -0.1) is 0 Å². The molecule has 4 heteroatoms. The van der Waals surface area contributed by atoms with Crippen LogP contribution in [0.3, 0.4) is 0 Å². The van der Waals surface area contributed by atoms with Crippen molar-refractivity contribution in [3.8, 4) is 11.5 Å². The lowest BCUT2D eigenvalue weighted by Crippen LogP contribution is -2.27. The smallest absolute Gasteiger partial charge is 0.120 e. The summed E-state index contributed by atoms with van der Waals surface area (Å²) in [5, 5.41) is 27.8. The number of rotatable bonds is 19. The number of nitrogens with one attached hydrogen (secondary N) is 2. The summed E-state index contributed by atoms with van der Waals surface area (Å²) in [5.41, 5.74) is 4.72. The highest BCUT2D eigenvalue weighted by Gasteiger charge is 2.22. The highest BCUT2D eigenvalue weighted by atomic mass is 16.3. The molecule has 0 atom stereocenters. The molecule has 2 rings (SSSR count). The van der Waals surface area contributed by atoms with Gasteiger partial charge in [0.05, 0.1) is 0 Å². The summed E-state index contributed by atoms with van der Waals surface area (Å²) in [5.74, 6) is 0.713. The molecule has 0 aliphatic carbocycles. The van der Waals surface area contributed by atoms with Gasteiger partial charge in [-0.25, -0.2) is 0 Å². The van der Waals surface area contributed by atoms with Crippen LogP contribution in [0.15, 0.2) is 36.4 Å². The van der Waals surface area contributed by atoms with E-state index in [0.717, 1.165) is 24.2 Å². The summed E-state index contributed by atoms with van der Waals surface area (Å²) >= 11 is 0. The van der Waals surface area contributed by atoms with Gasteiger partial charge in [-0.2, -0.15) is 0 Å². The Kier molecular flexibility index (Phi) is 13.7. The first kappa shape index (κ1) is 32.2. The van der Waals surface area contributed by atoms with E-state index in [1.54, 1.807) is 0 Å². The minimum Gasteiger partial charge on any atom is -0.508 e. The van der Waals surface area contributed by atoms with E-state index in [1.165, 1.54) is 75.3 Å². The van der Waals surface area contributed by atoms with Gasteiger partial charge in [0.15, 0.2) is 0 Å². The number of phenolic OH excluding ortho intramolecular Hbond substituents is 2. The van der Waals surface area contributed by atoms with Crippen molar-refractivity contribution >= 4 is 0 Å². The van der Waals surface area contributed by atoms with Crippen LogP contribution in [-0.4, -0.2) is 23.3 Å². The molecule has 214 valence electrons. The van der Waals surface area contributed by atoms with E-state index in [2.05, 4.69) is 76.4 Å². The molecule has 0 spiro atoms. The van der Waals surface area contributed by atoms with E-state index in [0.29, 0.717) is 24.6 Å². The molecular formula is C34H56N2O2. The van der Waals surface area contributed by atoms with E-state index in [4.69, 9.17) is 0 Å². The molecule has 0 amide bonds. The zero-order valence-electron chi connectivity index (χ0n) is 25.3. The third-order valence-corrected chi connectivity index (χ3v) is 8.14. The molecule has 0 fully saturated rings. The van der Waals surface area contributed by atoms with Gasteiger partial charge in [-0.1, -0.05) is 117 Å². The molecule has 0 aliphatic heterocycles. The van der Waals surface area contributed by atoms with Gasteiger partial charge < -0.3 is 20.8 Å². The van der Waals surface area contributed by atoms with E-state index in [1.807, 2.05) is 12.1 Å². The molecule has 4 nitrogen and oxygen atoms in total. The van der Waals surface area contributed by atoms with E-state index >= 15 is 0 Å². The van der Waals surface area contributed by atoms with Gasteiger partial charge in [0.2, 0.25) is 0 Å². The van der Waals surface area contributed by atoms with Crippen molar-refractivity contribution in [3.63, 3.8) is 0 Å². The average molecular weight is 525 g/mol. The van der Waals surface area contributed by atoms with E-state index in [9.17, 15) is 10.2 Å². The van der Waals surface area contributed by atoms with Crippen molar-refractivity contribution in [2.75, 3.05) is 13.1 Å². The monoisotopic (exact) mass is 524 g/mol. The number of benzene rings is 2. The highest BCUT2D eigenvalue weighted by molar-refractivity contribution is 5.40. The van der Waals surface area contributed by atoms with Gasteiger partial charge >= 0.3 is 0 Å². The molecule has 0 aliphatic rings. The summed E-state index contributed by atoms with van der Waals surface area (Å²) in [4.78, 5) is 0. The van der Waals surface area contributed by atoms with Gasteiger partial charge in [0, 0.05) is 37.3 Å². The first-order valence-electron chi connectivity index (χ1n) is 15.2. The third kappa shape index (κ3) is 10.6. The summed E-state index contributed by atoms with van der Waals surface area (Å²) in [6.45, 7) is 16.6. The second-order valence-electron chi connectivity index (χ2n) is 12.4. The van der Waals surface area contributed by atoms with Crippen molar-refractivity contribution in [1.29, 1.82) is 0 Å². The molecule has 0 unspecified atom stereocenters. The van der Waals surface area contributed by atoms with Crippen LogP contribution in [0.2, 0.25) is 0 Å². The van der Waals surface area contributed by atoms with Crippen molar-refractivity contribution in [2.45, 2.75) is 130 Å². The Hall–Kier alpha value is -2.04. The van der Waals surface area contributed by atoms with Gasteiger partial charge in [0.25, 0.3) is 0 Å². The van der Waals surface area contributed by atoms with Crippen molar-refractivity contribution < 1.29 is 10.2 Å². The van der Waals surface area contributed by atoms with Gasteiger partial charge in [-0.05, 0) is 46.9 Å². The fourth-order valence-corrected chi connectivity index (χ4v) is 5.20. The lowest BCUT2D eigenvalue weighted by atomic mass is 9.79. The first-order chi connectivity index (χ1) is 18.1. The van der Waals surface area contributed by atoms with E-state index < -0.39 is 0 Å². The van der Waals surface area contributed by atoms with Crippen LogP contribution in [0, 0.1) is 0 Å². The predicted octanol–water partition coefficient (Wildman–Crippen LogP) is 8.47. The molecule has 0 saturated carbocycles. The topological polar surface area (TPSA) is 64.5 Å². The molecule has 4 N–H and O–H groups in total. The maximum atomic E-state index is 10.4. The summed E-state index contributed by atoms with van der Waals surface area (Å²) in [6, 6.07) is 12.2. The van der Waals surface area contributed by atoms with Gasteiger partial charge in [0.1, 0.15) is 11.5 Å². The molecule has 0 heterocycles. The normalized spacial score (nSPS) is 12.3. The molecule has 0 radical (unpaired) electrons. The fourth-order valence-electron chi connectivity index (χ4n) is 5.20. The molecule has 0 bridgehead atoms. The quantitative estimate of drug-likeness (QED) is 0.139. The zero-order valence-corrected chi connectivity index (χ0v) is 25.3. The van der Waals surface area contributed by atoms with Crippen LogP contribution in [0.4, 0.5) is 0 Å². The Morgan fingerprint density at radius 3 is 1.34 bits per heavy atom. The Morgan fingerprint density at radius 1 is 0.579 bits per heavy atom. The summed E-state index contributed by atoms with van der Waals surface area (Å²) < 4.78 is 0. The minimum absolute atomic E-state index is 0.109. The SMILES string of the molecule is CCCCCCC(C)(C)c1ccc(O)c(CNCCNCc2cc(C(C)(C)CCCCCC)ccc2O)c1. The third-order valence-electron chi connectivity index (χ3n) is 8.14. The number of aromatic hydroxyl groups is 2. The van der Waals surface area contributed by atoms with Crippen LogP contribution in [-0.2, 0) is 23.9 Å². The number of phenols is 2. The van der Waals surface area contributed by atoms with Crippen molar-refractivity contribution in [1.82, 2.24) is 10.6 Å². The zero-order chi connectivity index (χ0) is 28.0. The Labute approximate surface area is 233 Å². The fraction of sp³-hybridized carbons (Fsp3) is 0.647. The van der Waals surface area contributed by atoms with Crippen LogP contribution in [0.5, 0.6) is 11.5 Å². The van der Waals surface area contributed by atoms with Gasteiger partial charge in [-0.3, -0.25) is 0 Å². The maximum absolute atomic E-state index is 10.4. The number of unbranched alkanes of at least 4 members (excludes halogenated alkanes) is 6. The first-order valence-corrected chi connectivity index (χ1v) is 15.2. The lowest BCUT2D eigenvalue weighted by Gasteiger charge is -2.26. The van der Waals surface area contributed by atoms with Crippen molar-refractivity contribution in [2.24, 2.45) is 0 Å². The Morgan fingerprint density at radius 2 is 0.974 bits per heavy atom. The predicted molar refractivity (Wildman–Crippen MR) is 163 cm³/mol. The Bertz CT molecular complexity index is 874. The lowest BCUT2D eigenvalue weighted by molar-refractivity contribution is 0.438. The molecule has 38 heavy (non-hydrogen) atoms. The van der Waals surface area contributed by atoms with Crippen LogP contribution in [0.1, 0.15) is 128 Å². The molecule has 0 aromatic heterocycles. The second-order valence-corrected chi connectivity index (χ2v) is 12.4. The minimum atomic E-state index is 0.109.